The maximum Gasteiger partial charge on any atom is 0.223 e. The van der Waals surface area contributed by atoms with Crippen molar-refractivity contribution in [3.05, 3.63) is 23.7 Å². The van der Waals surface area contributed by atoms with E-state index < -0.39 is 0 Å². The van der Waals surface area contributed by atoms with E-state index in [0.717, 1.165) is 0 Å². The highest BCUT2D eigenvalue weighted by molar-refractivity contribution is 6.16. The average Bonchev–Trinajstić information content (AvgIpc) is 2.52. The van der Waals surface area contributed by atoms with E-state index >= 15 is 0 Å². The molecule has 0 spiro atoms. The van der Waals surface area contributed by atoms with Crippen molar-refractivity contribution in [2.45, 2.75) is 5.88 Å². The van der Waals surface area contributed by atoms with Gasteiger partial charge in [-0.05, 0) is 12.1 Å². The lowest BCUT2D eigenvalue weighted by molar-refractivity contribution is 0.0818. The Bertz CT molecular complexity index is 267. The number of halogens is 1. The van der Waals surface area contributed by atoms with E-state index in [9.17, 15) is 4.79 Å². The lowest BCUT2D eigenvalue weighted by Gasteiger charge is -1.93. The second kappa shape index (κ2) is 4.28. The van der Waals surface area contributed by atoms with Gasteiger partial charge in [-0.3, -0.25) is 4.79 Å². The third-order valence-electron chi connectivity index (χ3n) is 1.34. The minimum atomic E-state index is -0.172. The zero-order chi connectivity index (χ0) is 8.97. The maximum absolute atomic E-state index is 11.1. The molecule has 0 amide bonds. The Morgan fingerprint density at radius 2 is 2.42 bits per heavy atom. The predicted octanol–water partition coefficient (Wildman–Crippen LogP) is 1.85. The summed E-state index contributed by atoms with van der Waals surface area (Å²) in [6.45, 7) is 0.0369. The summed E-state index contributed by atoms with van der Waals surface area (Å²) in [6.07, 6.45) is 0. The summed E-state index contributed by atoms with van der Waals surface area (Å²) in [7, 11) is 1.46. The first-order valence-electron chi connectivity index (χ1n) is 3.44. The molecule has 0 aliphatic heterocycles. The molecule has 4 heteroatoms. The molecule has 0 aliphatic carbocycles. The second-order valence-corrected chi connectivity index (χ2v) is 2.52. The van der Waals surface area contributed by atoms with Crippen LogP contribution in [0.15, 0.2) is 16.5 Å². The van der Waals surface area contributed by atoms with Crippen molar-refractivity contribution < 1.29 is 13.9 Å². The summed E-state index contributed by atoms with van der Waals surface area (Å²) < 4.78 is 9.74. The van der Waals surface area contributed by atoms with Crippen LogP contribution in [-0.4, -0.2) is 19.5 Å². The van der Waals surface area contributed by atoms with Crippen molar-refractivity contribution >= 4 is 17.4 Å². The van der Waals surface area contributed by atoms with Gasteiger partial charge >= 0.3 is 0 Å². The number of furan rings is 1. The molecule has 1 aromatic heterocycles. The van der Waals surface area contributed by atoms with Crippen LogP contribution in [-0.2, 0) is 10.6 Å². The molecule has 0 saturated carbocycles. The first-order chi connectivity index (χ1) is 5.77. The zero-order valence-electron chi connectivity index (χ0n) is 6.67. The van der Waals surface area contributed by atoms with Gasteiger partial charge in [0.2, 0.25) is 5.78 Å². The van der Waals surface area contributed by atoms with Crippen LogP contribution >= 0.6 is 11.6 Å². The van der Waals surface area contributed by atoms with Crippen molar-refractivity contribution in [2.75, 3.05) is 13.7 Å². The fraction of sp³-hybridized carbons (Fsp3) is 0.375. The summed E-state index contributed by atoms with van der Waals surface area (Å²) in [6, 6.07) is 3.27. The summed E-state index contributed by atoms with van der Waals surface area (Å²) in [4.78, 5) is 11.1. The van der Waals surface area contributed by atoms with Gasteiger partial charge in [-0.15, -0.1) is 11.6 Å². The van der Waals surface area contributed by atoms with Crippen molar-refractivity contribution in [2.24, 2.45) is 0 Å². The van der Waals surface area contributed by atoms with E-state index in [4.69, 9.17) is 16.0 Å². The number of ketones is 1. The summed E-state index contributed by atoms with van der Waals surface area (Å²) >= 11 is 5.49. The Labute approximate surface area is 75.3 Å². The van der Waals surface area contributed by atoms with Crippen LogP contribution in [0.5, 0.6) is 0 Å². The predicted molar refractivity (Wildman–Crippen MR) is 44.5 cm³/mol. The number of carbonyl (C=O) groups excluding carboxylic acids is 1. The fourth-order valence-electron chi connectivity index (χ4n) is 0.802. The molecule has 0 fully saturated rings. The molecule has 0 N–H and O–H groups in total. The number of ether oxygens (including phenoxy) is 1. The fourth-order valence-corrected chi connectivity index (χ4v) is 0.945. The number of Topliss-reactive ketones (excluding diaryl/α,β-unsaturated/α-hetero) is 1. The number of hydrogen-bond donors (Lipinski definition) is 0. The van der Waals surface area contributed by atoms with Crippen LogP contribution in [0, 0.1) is 0 Å². The largest absolute Gasteiger partial charge is 0.457 e. The number of methoxy groups -OCH3 is 1. The van der Waals surface area contributed by atoms with E-state index in [0.29, 0.717) is 11.5 Å². The summed E-state index contributed by atoms with van der Waals surface area (Å²) in [5.41, 5.74) is 0. The second-order valence-electron chi connectivity index (χ2n) is 2.26. The van der Waals surface area contributed by atoms with Crippen molar-refractivity contribution in [1.82, 2.24) is 0 Å². The Morgan fingerprint density at radius 3 is 2.92 bits per heavy atom. The highest BCUT2D eigenvalue weighted by atomic mass is 35.5. The van der Waals surface area contributed by atoms with Crippen LogP contribution in [0.4, 0.5) is 0 Å². The topological polar surface area (TPSA) is 39.4 Å². The lowest BCUT2D eigenvalue weighted by atomic mass is 10.3. The summed E-state index contributed by atoms with van der Waals surface area (Å²) in [5.74, 6) is 0.998. The zero-order valence-corrected chi connectivity index (χ0v) is 7.43. The van der Waals surface area contributed by atoms with Crippen LogP contribution in [0.25, 0.3) is 0 Å². The highest BCUT2D eigenvalue weighted by Gasteiger charge is 2.09. The van der Waals surface area contributed by atoms with Crippen molar-refractivity contribution in [3.8, 4) is 0 Å². The van der Waals surface area contributed by atoms with Crippen LogP contribution in [0.2, 0.25) is 0 Å². The van der Waals surface area contributed by atoms with Crippen molar-refractivity contribution in [1.29, 1.82) is 0 Å². The van der Waals surface area contributed by atoms with Gasteiger partial charge in [0.05, 0.1) is 5.88 Å². The van der Waals surface area contributed by atoms with E-state index in [1.165, 1.54) is 7.11 Å². The highest BCUT2D eigenvalue weighted by Crippen LogP contribution is 2.10. The maximum atomic E-state index is 11.1. The average molecular weight is 189 g/mol. The number of alkyl halides is 1. The first kappa shape index (κ1) is 9.29. The Kier molecular flexibility index (Phi) is 3.31. The minimum absolute atomic E-state index is 0.0369. The number of carbonyl (C=O) groups is 1. The molecule has 0 radical (unpaired) electrons. The van der Waals surface area contributed by atoms with Gasteiger partial charge in [-0.25, -0.2) is 0 Å². The van der Waals surface area contributed by atoms with Gasteiger partial charge in [0.1, 0.15) is 12.4 Å². The van der Waals surface area contributed by atoms with Gasteiger partial charge in [-0.2, -0.15) is 0 Å². The number of hydrogen-bond acceptors (Lipinski definition) is 3. The summed E-state index contributed by atoms with van der Waals surface area (Å²) in [5, 5.41) is 0. The van der Waals surface area contributed by atoms with E-state index in [1.54, 1.807) is 12.1 Å². The van der Waals surface area contributed by atoms with Gasteiger partial charge in [-0.1, -0.05) is 0 Å². The smallest absolute Gasteiger partial charge is 0.223 e. The molecule has 0 aliphatic rings. The molecule has 0 atom stereocenters. The Balaban J connectivity index is 2.68. The molecule has 1 rings (SSSR count). The van der Waals surface area contributed by atoms with Gasteiger partial charge in [0.25, 0.3) is 0 Å². The monoisotopic (exact) mass is 188 g/mol. The lowest BCUT2D eigenvalue weighted by Crippen LogP contribution is -2.05. The third kappa shape index (κ3) is 2.09. The molecular weight excluding hydrogens is 180 g/mol. The normalized spacial score (nSPS) is 10.2. The van der Waals surface area contributed by atoms with E-state index in [1.807, 2.05) is 0 Å². The molecule has 0 bridgehead atoms. The minimum Gasteiger partial charge on any atom is -0.457 e. The van der Waals surface area contributed by atoms with Gasteiger partial charge in [0.15, 0.2) is 5.76 Å². The standard InChI is InChI=1S/C8H9ClO3/c1-11-5-7(10)8-3-2-6(4-9)12-8/h2-3H,4-5H2,1H3. The van der Waals surface area contributed by atoms with Crippen LogP contribution in [0.3, 0.4) is 0 Å². The molecule has 12 heavy (non-hydrogen) atoms. The first-order valence-corrected chi connectivity index (χ1v) is 3.98. The third-order valence-corrected chi connectivity index (χ3v) is 1.61. The van der Waals surface area contributed by atoms with Crippen molar-refractivity contribution in [3.63, 3.8) is 0 Å². The molecule has 0 unspecified atom stereocenters. The molecule has 0 saturated heterocycles. The molecule has 1 heterocycles. The Morgan fingerprint density at radius 1 is 1.67 bits per heavy atom. The van der Waals surface area contributed by atoms with Gasteiger partial charge < -0.3 is 9.15 Å². The molecule has 3 nitrogen and oxygen atoms in total. The molecule has 66 valence electrons. The molecule has 1 aromatic rings. The van der Waals surface area contributed by atoms with E-state index in [2.05, 4.69) is 4.74 Å². The molecule has 0 aromatic carbocycles. The van der Waals surface area contributed by atoms with Gasteiger partial charge in [0, 0.05) is 7.11 Å². The Hall–Kier alpha value is -0.800. The number of rotatable bonds is 4. The SMILES string of the molecule is COCC(=O)c1ccc(CCl)o1. The van der Waals surface area contributed by atoms with E-state index in [-0.39, 0.29) is 18.3 Å². The van der Waals surface area contributed by atoms with Crippen LogP contribution in [0.1, 0.15) is 16.3 Å². The van der Waals surface area contributed by atoms with Crippen LogP contribution < -0.4 is 0 Å². The molecular formula is C8H9ClO3. The quantitative estimate of drug-likeness (QED) is 0.535.